The van der Waals surface area contributed by atoms with E-state index in [0.29, 0.717) is 6.54 Å². The Morgan fingerprint density at radius 2 is 2.00 bits per heavy atom. The molecular weight excluding hydrogens is 397 g/mol. The number of amides is 1. The fourth-order valence-electron chi connectivity index (χ4n) is 3.60. The van der Waals surface area contributed by atoms with E-state index < -0.39 is 20.7 Å². The second kappa shape index (κ2) is 9.29. The number of benzene rings is 1. The molecule has 27 heavy (non-hydrogen) atoms. The van der Waals surface area contributed by atoms with Gasteiger partial charge in [0.25, 0.3) is 0 Å². The van der Waals surface area contributed by atoms with Crippen LogP contribution in [0.2, 0.25) is 0 Å². The zero-order valence-electron chi connectivity index (χ0n) is 14.9. The molecule has 1 aliphatic heterocycles. The van der Waals surface area contributed by atoms with Crippen LogP contribution in [0.15, 0.2) is 23.1 Å². The zero-order valence-corrected chi connectivity index (χ0v) is 16.5. The maximum atomic E-state index is 14.2. The molecule has 2 atom stereocenters. The molecule has 0 unspecified atom stereocenters. The van der Waals surface area contributed by atoms with E-state index in [-0.39, 0.29) is 62.1 Å². The van der Waals surface area contributed by atoms with Crippen LogP contribution in [0.25, 0.3) is 0 Å². The van der Waals surface area contributed by atoms with Crippen molar-refractivity contribution in [3.8, 4) is 0 Å². The first-order valence-corrected chi connectivity index (χ1v) is 10.3. The van der Waals surface area contributed by atoms with Crippen molar-refractivity contribution < 1.29 is 22.3 Å². The lowest BCUT2D eigenvalue weighted by Gasteiger charge is -2.26. The minimum Gasteiger partial charge on any atom is -0.379 e. The predicted molar refractivity (Wildman–Crippen MR) is 102 cm³/mol. The van der Waals surface area contributed by atoms with Gasteiger partial charge >= 0.3 is 0 Å². The highest BCUT2D eigenvalue weighted by molar-refractivity contribution is 7.89. The SMILES string of the molecule is Cl.NC[C@H]1CCC[C@H]1C(=O)Nc1ccc(F)c(S(=O)(=O)N2CCOCC2)c1. The molecule has 1 aromatic rings. The maximum Gasteiger partial charge on any atom is 0.246 e. The van der Waals surface area contributed by atoms with Gasteiger partial charge in [-0.25, -0.2) is 12.8 Å². The number of sulfonamides is 1. The smallest absolute Gasteiger partial charge is 0.246 e. The Bertz CT molecular complexity index is 771. The number of carbonyl (C=O) groups excluding carboxylic acids is 1. The van der Waals surface area contributed by atoms with Gasteiger partial charge in [-0.1, -0.05) is 6.42 Å². The average molecular weight is 422 g/mol. The van der Waals surface area contributed by atoms with Gasteiger partial charge in [-0.3, -0.25) is 4.79 Å². The summed E-state index contributed by atoms with van der Waals surface area (Å²) >= 11 is 0. The van der Waals surface area contributed by atoms with E-state index in [1.54, 1.807) is 0 Å². The Labute approximate surface area is 164 Å². The predicted octanol–water partition coefficient (Wildman–Crippen LogP) is 1.58. The van der Waals surface area contributed by atoms with Gasteiger partial charge in [-0.2, -0.15) is 4.31 Å². The van der Waals surface area contributed by atoms with Crippen LogP contribution < -0.4 is 11.1 Å². The highest BCUT2D eigenvalue weighted by atomic mass is 35.5. The number of halogens is 2. The van der Waals surface area contributed by atoms with E-state index in [1.165, 1.54) is 16.4 Å². The van der Waals surface area contributed by atoms with Gasteiger partial charge in [-0.05, 0) is 43.5 Å². The molecule has 1 saturated carbocycles. The van der Waals surface area contributed by atoms with Crippen molar-refractivity contribution in [3.05, 3.63) is 24.0 Å². The molecule has 3 rings (SSSR count). The lowest BCUT2D eigenvalue weighted by molar-refractivity contribution is -0.120. The number of nitrogens with zero attached hydrogens (tertiary/aromatic N) is 1. The summed E-state index contributed by atoms with van der Waals surface area (Å²) in [6, 6.07) is 3.63. The van der Waals surface area contributed by atoms with Crippen LogP contribution in [-0.4, -0.2) is 51.5 Å². The Morgan fingerprint density at radius 1 is 1.30 bits per heavy atom. The van der Waals surface area contributed by atoms with Crippen LogP contribution in [0, 0.1) is 17.7 Å². The molecule has 1 heterocycles. The Kier molecular flexibility index (Phi) is 7.58. The molecule has 7 nitrogen and oxygen atoms in total. The molecule has 1 amide bonds. The molecular formula is C17H25ClFN3O4S. The van der Waals surface area contributed by atoms with Crippen LogP contribution in [-0.2, 0) is 19.6 Å². The molecule has 3 N–H and O–H groups in total. The number of ether oxygens (including phenoxy) is 1. The molecule has 0 aromatic heterocycles. The Morgan fingerprint density at radius 3 is 2.67 bits per heavy atom. The number of nitrogens with two attached hydrogens (primary N) is 1. The maximum absolute atomic E-state index is 14.2. The summed E-state index contributed by atoms with van der Waals surface area (Å²) in [5.74, 6) is -1.09. The number of carbonyl (C=O) groups is 1. The molecule has 152 valence electrons. The van der Waals surface area contributed by atoms with Crippen molar-refractivity contribution in [2.45, 2.75) is 24.2 Å². The normalized spacial score (nSPS) is 23.6. The third-order valence-corrected chi connectivity index (χ3v) is 7.00. The highest BCUT2D eigenvalue weighted by Crippen LogP contribution is 2.32. The summed E-state index contributed by atoms with van der Waals surface area (Å²) < 4.78 is 46.0. The number of anilines is 1. The van der Waals surface area contributed by atoms with Crippen molar-refractivity contribution in [3.63, 3.8) is 0 Å². The van der Waals surface area contributed by atoms with Gasteiger partial charge in [0.2, 0.25) is 15.9 Å². The fraction of sp³-hybridized carbons (Fsp3) is 0.588. The Balaban J connectivity index is 0.00000261. The van der Waals surface area contributed by atoms with Crippen LogP contribution in [0.4, 0.5) is 10.1 Å². The van der Waals surface area contributed by atoms with Crippen LogP contribution in [0.3, 0.4) is 0 Å². The average Bonchev–Trinajstić information content (AvgIpc) is 3.13. The lowest BCUT2D eigenvalue weighted by Crippen LogP contribution is -2.41. The van der Waals surface area contributed by atoms with Crippen LogP contribution in [0.5, 0.6) is 0 Å². The molecule has 1 saturated heterocycles. The van der Waals surface area contributed by atoms with Crippen LogP contribution in [0.1, 0.15) is 19.3 Å². The van der Waals surface area contributed by atoms with Gasteiger partial charge < -0.3 is 15.8 Å². The first-order valence-electron chi connectivity index (χ1n) is 8.82. The summed E-state index contributed by atoms with van der Waals surface area (Å²) in [7, 11) is -3.98. The minimum absolute atomic E-state index is 0. The molecule has 0 radical (unpaired) electrons. The first-order chi connectivity index (χ1) is 12.4. The van der Waals surface area contributed by atoms with Gasteiger partial charge in [0.05, 0.1) is 13.2 Å². The van der Waals surface area contributed by atoms with E-state index in [9.17, 15) is 17.6 Å². The van der Waals surface area contributed by atoms with Gasteiger partial charge in [0.15, 0.2) is 0 Å². The number of morpholine rings is 1. The third kappa shape index (κ3) is 4.78. The largest absolute Gasteiger partial charge is 0.379 e. The summed E-state index contributed by atoms with van der Waals surface area (Å²) in [4.78, 5) is 12.1. The van der Waals surface area contributed by atoms with E-state index in [0.717, 1.165) is 25.3 Å². The molecule has 0 bridgehead atoms. The first kappa shape index (κ1) is 22.0. The van der Waals surface area contributed by atoms with E-state index in [2.05, 4.69) is 5.32 Å². The van der Waals surface area contributed by atoms with Crippen molar-refractivity contribution in [1.29, 1.82) is 0 Å². The van der Waals surface area contributed by atoms with E-state index >= 15 is 0 Å². The summed E-state index contributed by atoms with van der Waals surface area (Å²) in [5.41, 5.74) is 5.98. The van der Waals surface area contributed by atoms with Crippen LogP contribution >= 0.6 is 12.4 Å². The molecule has 0 spiro atoms. The second-order valence-corrected chi connectivity index (χ2v) is 8.59. The monoisotopic (exact) mass is 421 g/mol. The summed E-state index contributed by atoms with van der Waals surface area (Å²) in [5, 5.41) is 2.72. The quantitative estimate of drug-likeness (QED) is 0.751. The fourth-order valence-corrected chi connectivity index (χ4v) is 5.10. The molecule has 2 aliphatic rings. The van der Waals surface area contributed by atoms with Gasteiger partial charge in [-0.15, -0.1) is 12.4 Å². The number of nitrogens with one attached hydrogen (secondary N) is 1. The van der Waals surface area contributed by atoms with E-state index in [4.69, 9.17) is 10.5 Å². The second-order valence-electron chi connectivity index (χ2n) is 6.68. The number of hydrogen-bond donors (Lipinski definition) is 2. The molecule has 10 heteroatoms. The van der Waals surface area contributed by atoms with Crippen molar-refractivity contribution >= 4 is 34.0 Å². The van der Waals surface area contributed by atoms with E-state index in [1.807, 2.05) is 0 Å². The van der Waals surface area contributed by atoms with Gasteiger partial charge in [0, 0.05) is 24.7 Å². The lowest BCUT2D eigenvalue weighted by atomic mass is 9.95. The highest BCUT2D eigenvalue weighted by Gasteiger charge is 2.33. The summed E-state index contributed by atoms with van der Waals surface area (Å²) in [6.45, 7) is 1.36. The van der Waals surface area contributed by atoms with Crippen molar-refractivity contribution in [2.75, 3.05) is 38.2 Å². The molecule has 2 fully saturated rings. The zero-order chi connectivity index (χ0) is 18.7. The standard InChI is InChI=1S/C17H24FN3O4S.ClH/c18-15-5-4-13(20-17(22)14-3-1-2-12(14)11-19)10-16(15)26(23,24)21-6-8-25-9-7-21;/h4-5,10,12,14H,1-3,6-9,11,19H2,(H,20,22);1H/t12-,14-;/m1./s1. The number of rotatable bonds is 5. The third-order valence-electron chi connectivity index (χ3n) is 5.09. The topological polar surface area (TPSA) is 102 Å². The molecule has 1 aromatic carbocycles. The van der Waals surface area contributed by atoms with Crippen molar-refractivity contribution in [2.24, 2.45) is 17.6 Å². The van der Waals surface area contributed by atoms with Crippen molar-refractivity contribution in [1.82, 2.24) is 4.31 Å². The Hall–Kier alpha value is -1.26. The van der Waals surface area contributed by atoms with Gasteiger partial charge in [0.1, 0.15) is 10.7 Å². The molecule has 1 aliphatic carbocycles. The number of hydrogen-bond acceptors (Lipinski definition) is 5. The summed E-state index contributed by atoms with van der Waals surface area (Å²) in [6.07, 6.45) is 2.61. The minimum atomic E-state index is -3.98.